The van der Waals surface area contributed by atoms with E-state index in [4.69, 9.17) is 0 Å². The first-order chi connectivity index (χ1) is 11.4. The average Bonchev–Trinajstić information content (AvgIpc) is 2.96. The van der Waals surface area contributed by atoms with Gasteiger partial charge in [0.15, 0.2) is 0 Å². The zero-order valence-corrected chi connectivity index (χ0v) is 12.9. The summed E-state index contributed by atoms with van der Waals surface area (Å²) in [5.74, 6) is 0. The summed E-state index contributed by atoms with van der Waals surface area (Å²) in [5, 5.41) is 30.6. The molecule has 0 atom stereocenters. The SMILES string of the molecule is CCn1nc(C)c2c([N+](=O)[O-])cc3ccc4cc([N+](=O)[O-])c1c2c34. The van der Waals surface area contributed by atoms with Gasteiger partial charge in [0.05, 0.1) is 20.9 Å². The van der Waals surface area contributed by atoms with Gasteiger partial charge < -0.3 is 0 Å². The molecule has 0 unspecified atom stereocenters. The Bertz CT molecular complexity index is 1150. The van der Waals surface area contributed by atoms with E-state index in [0.717, 1.165) is 5.39 Å². The molecular formula is C16H12N4O4. The third-order valence-corrected chi connectivity index (χ3v) is 4.42. The highest BCUT2D eigenvalue weighted by Crippen LogP contribution is 2.44. The summed E-state index contributed by atoms with van der Waals surface area (Å²) in [5.41, 5.74) is 0.653. The first-order valence-corrected chi connectivity index (χ1v) is 7.41. The lowest BCUT2D eigenvalue weighted by Crippen LogP contribution is -2.09. The van der Waals surface area contributed by atoms with Crippen LogP contribution in [0.5, 0.6) is 0 Å². The Labute approximate surface area is 134 Å². The van der Waals surface area contributed by atoms with Gasteiger partial charge in [-0.3, -0.25) is 24.9 Å². The highest BCUT2D eigenvalue weighted by molar-refractivity contribution is 6.27. The molecule has 0 aliphatic heterocycles. The predicted octanol–water partition coefficient (Wildman–Crippen LogP) is 3.93. The van der Waals surface area contributed by atoms with Gasteiger partial charge in [-0.2, -0.15) is 5.10 Å². The molecule has 1 aromatic heterocycles. The van der Waals surface area contributed by atoms with Crippen molar-refractivity contribution in [2.24, 2.45) is 0 Å². The number of aromatic nitrogens is 2. The zero-order chi connectivity index (χ0) is 17.2. The molecule has 1 heterocycles. The molecule has 0 radical (unpaired) electrons. The number of non-ortho nitro benzene ring substituents is 2. The number of nitrogens with zero attached hydrogens (tertiary/aromatic N) is 4. The molecule has 0 aliphatic carbocycles. The van der Waals surface area contributed by atoms with Gasteiger partial charge in [-0.25, -0.2) is 0 Å². The van der Waals surface area contributed by atoms with Crippen LogP contribution in [0.2, 0.25) is 0 Å². The van der Waals surface area contributed by atoms with Gasteiger partial charge in [0, 0.05) is 24.1 Å². The smallest absolute Gasteiger partial charge is 0.258 e. The van der Waals surface area contributed by atoms with E-state index in [1.165, 1.54) is 12.1 Å². The van der Waals surface area contributed by atoms with E-state index in [0.29, 0.717) is 39.3 Å². The van der Waals surface area contributed by atoms with Crippen LogP contribution in [0.1, 0.15) is 12.6 Å². The van der Waals surface area contributed by atoms with Gasteiger partial charge in [-0.05, 0) is 30.0 Å². The van der Waals surface area contributed by atoms with Crippen LogP contribution in [0, 0.1) is 27.2 Å². The molecule has 0 saturated heterocycles. The Hall–Kier alpha value is -3.29. The lowest BCUT2D eigenvalue weighted by molar-refractivity contribution is -0.383. The van der Waals surface area contributed by atoms with E-state index in [-0.39, 0.29) is 11.4 Å². The molecule has 3 aromatic carbocycles. The summed E-state index contributed by atoms with van der Waals surface area (Å²) in [6.07, 6.45) is 0. The van der Waals surface area contributed by atoms with Crippen molar-refractivity contribution in [2.45, 2.75) is 20.4 Å². The third kappa shape index (κ3) is 1.65. The first-order valence-electron chi connectivity index (χ1n) is 7.41. The van der Waals surface area contributed by atoms with Crippen molar-refractivity contribution in [3.63, 3.8) is 0 Å². The minimum atomic E-state index is -0.460. The molecule has 8 heteroatoms. The maximum Gasteiger partial charge on any atom is 0.295 e. The zero-order valence-electron chi connectivity index (χ0n) is 12.9. The first kappa shape index (κ1) is 14.3. The fourth-order valence-corrected chi connectivity index (χ4v) is 3.52. The molecule has 24 heavy (non-hydrogen) atoms. The molecule has 0 aliphatic rings. The van der Waals surface area contributed by atoms with Crippen molar-refractivity contribution in [3.05, 3.63) is 50.2 Å². The van der Waals surface area contributed by atoms with Crippen molar-refractivity contribution >= 4 is 43.8 Å². The van der Waals surface area contributed by atoms with Crippen molar-refractivity contribution < 1.29 is 9.85 Å². The molecule has 4 aromatic rings. The number of nitro benzene ring substituents is 2. The van der Waals surface area contributed by atoms with E-state index in [9.17, 15) is 20.2 Å². The van der Waals surface area contributed by atoms with Crippen LogP contribution in [-0.4, -0.2) is 19.6 Å². The van der Waals surface area contributed by atoms with Crippen LogP contribution in [0.3, 0.4) is 0 Å². The maximum atomic E-state index is 11.6. The minimum absolute atomic E-state index is 0.0752. The Kier molecular flexibility index (Phi) is 2.75. The van der Waals surface area contributed by atoms with Crippen LogP contribution in [0.25, 0.3) is 32.4 Å². The standard InChI is InChI=1S/C16H12N4O4/c1-3-18-16-12(20(23)24)7-10-5-4-9-6-11(19(21)22)13(8(2)17-18)15(16)14(9)10/h4-7H,3H2,1-2H3. The number of aryl methyl sites for hydroxylation is 2. The highest BCUT2D eigenvalue weighted by atomic mass is 16.6. The monoisotopic (exact) mass is 324 g/mol. The van der Waals surface area contributed by atoms with Crippen LogP contribution in [0.4, 0.5) is 11.4 Å². The molecule has 0 saturated carbocycles. The molecule has 0 fully saturated rings. The van der Waals surface area contributed by atoms with Crippen LogP contribution < -0.4 is 0 Å². The van der Waals surface area contributed by atoms with Crippen LogP contribution in [-0.2, 0) is 6.54 Å². The summed E-state index contributed by atoms with van der Waals surface area (Å²) in [7, 11) is 0. The molecule has 4 rings (SSSR count). The predicted molar refractivity (Wildman–Crippen MR) is 89.7 cm³/mol. The second-order valence-corrected chi connectivity index (χ2v) is 5.69. The quantitative estimate of drug-likeness (QED) is 0.419. The van der Waals surface area contributed by atoms with E-state index < -0.39 is 9.85 Å². The van der Waals surface area contributed by atoms with Crippen molar-refractivity contribution in [1.82, 2.24) is 9.78 Å². The van der Waals surface area contributed by atoms with Gasteiger partial charge in [0.2, 0.25) is 0 Å². The highest BCUT2D eigenvalue weighted by Gasteiger charge is 2.27. The molecule has 120 valence electrons. The van der Waals surface area contributed by atoms with E-state index in [1.54, 1.807) is 23.7 Å². The summed E-state index contributed by atoms with van der Waals surface area (Å²) in [6.45, 7) is 3.95. The average molecular weight is 324 g/mol. The topological polar surface area (TPSA) is 104 Å². The largest absolute Gasteiger partial charge is 0.295 e. The summed E-state index contributed by atoms with van der Waals surface area (Å²) < 4.78 is 1.55. The Morgan fingerprint density at radius 2 is 1.58 bits per heavy atom. The Morgan fingerprint density at radius 3 is 2.12 bits per heavy atom. The number of benzene rings is 2. The maximum absolute atomic E-state index is 11.6. The second kappa shape index (κ2) is 4.60. The fraction of sp³-hybridized carbons (Fsp3) is 0.188. The minimum Gasteiger partial charge on any atom is -0.258 e. The van der Waals surface area contributed by atoms with Crippen LogP contribution >= 0.6 is 0 Å². The number of hydrogen-bond acceptors (Lipinski definition) is 5. The van der Waals surface area contributed by atoms with Crippen molar-refractivity contribution in [1.29, 1.82) is 0 Å². The van der Waals surface area contributed by atoms with Gasteiger partial charge in [0.1, 0.15) is 5.52 Å². The third-order valence-electron chi connectivity index (χ3n) is 4.42. The normalized spacial score (nSPS) is 11.8. The molecule has 0 N–H and O–H groups in total. The molecule has 0 bridgehead atoms. The lowest BCUT2D eigenvalue weighted by atomic mass is 9.98. The molecule has 0 amide bonds. The van der Waals surface area contributed by atoms with Gasteiger partial charge in [-0.1, -0.05) is 12.1 Å². The van der Waals surface area contributed by atoms with Crippen molar-refractivity contribution in [3.8, 4) is 0 Å². The van der Waals surface area contributed by atoms with E-state index in [1.807, 2.05) is 6.92 Å². The van der Waals surface area contributed by atoms with E-state index >= 15 is 0 Å². The summed E-state index contributed by atoms with van der Waals surface area (Å²) in [6, 6.07) is 6.54. The summed E-state index contributed by atoms with van der Waals surface area (Å²) >= 11 is 0. The Balaban J connectivity index is 2.44. The van der Waals surface area contributed by atoms with Crippen molar-refractivity contribution in [2.75, 3.05) is 0 Å². The van der Waals surface area contributed by atoms with E-state index in [2.05, 4.69) is 5.10 Å². The molecule has 8 nitrogen and oxygen atoms in total. The lowest BCUT2D eigenvalue weighted by Gasteiger charge is -2.14. The van der Waals surface area contributed by atoms with Gasteiger partial charge in [-0.15, -0.1) is 0 Å². The Morgan fingerprint density at radius 1 is 1.00 bits per heavy atom. The second-order valence-electron chi connectivity index (χ2n) is 5.69. The van der Waals surface area contributed by atoms with Crippen LogP contribution in [0.15, 0.2) is 24.3 Å². The van der Waals surface area contributed by atoms with Gasteiger partial charge >= 0.3 is 0 Å². The summed E-state index contributed by atoms with van der Waals surface area (Å²) in [4.78, 5) is 22.2. The van der Waals surface area contributed by atoms with Gasteiger partial charge in [0.25, 0.3) is 11.4 Å². The number of nitro groups is 2. The fourth-order valence-electron chi connectivity index (χ4n) is 3.52. The number of hydrogen-bond donors (Lipinski definition) is 0. The molecular weight excluding hydrogens is 312 g/mol. The number of rotatable bonds is 3. The molecule has 0 spiro atoms.